The summed E-state index contributed by atoms with van der Waals surface area (Å²) in [6, 6.07) is 10.1. The van der Waals surface area contributed by atoms with Gasteiger partial charge in [0.15, 0.2) is 15.2 Å². The van der Waals surface area contributed by atoms with Crippen molar-refractivity contribution in [1.82, 2.24) is 0 Å². The molecule has 0 aliphatic carbocycles. The van der Waals surface area contributed by atoms with Crippen LogP contribution >= 0.6 is 36.7 Å². The summed E-state index contributed by atoms with van der Waals surface area (Å²) in [7, 11) is 0. The molecule has 0 heterocycles. The summed E-state index contributed by atoms with van der Waals surface area (Å²) >= 11 is 14.0. The molecule has 32 heavy (non-hydrogen) atoms. The van der Waals surface area contributed by atoms with Crippen LogP contribution in [-0.2, 0) is 11.3 Å². The molecule has 0 aromatic heterocycles. The van der Waals surface area contributed by atoms with Gasteiger partial charge in [-0.15, -0.1) is 0 Å². The molecule has 2 N–H and O–H groups in total. The molecule has 0 saturated carbocycles. The van der Waals surface area contributed by atoms with Crippen LogP contribution in [0.5, 0.6) is 0 Å². The van der Waals surface area contributed by atoms with E-state index in [4.69, 9.17) is 32.4 Å². The smallest absolute Gasteiger partial charge is 0.160 e. The summed E-state index contributed by atoms with van der Waals surface area (Å²) in [6.45, 7) is 12.7. The van der Waals surface area contributed by atoms with Crippen molar-refractivity contribution in [2.45, 2.75) is 92.1 Å². The zero-order valence-corrected chi connectivity index (χ0v) is 22.5. The van der Waals surface area contributed by atoms with Crippen LogP contribution in [0, 0.1) is 17.8 Å². The second-order valence-electron chi connectivity index (χ2n) is 7.19. The standard InChI is InChI=1S/C14H20OS.2C5H10OS.CHN/c1-3-12(2)9-10-14(16)15-11-13-7-5-4-6-8-13;2*1-2-3-4-5(6)7;1-2/h4-8,12H,3,9-11H2,1-2H3;2*2-4H2,1H3,(H,6,7);1H. The first kappa shape index (κ1) is 35.0. The van der Waals surface area contributed by atoms with Gasteiger partial charge in [-0.05, 0) is 67.4 Å². The number of benzene rings is 1. The topological polar surface area (TPSA) is 73.5 Å². The summed E-state index contributed by atoms with van der Waals surface area (Å²) in [5.74, 6) is 0.735. The maximum atomic E-state index is 8.41. The van der Waals surface area contributed by atoms with Crippen LogP contribution in [0.25, 0.3) is 0 Å². The van der Waals surface area contributed by atoms with Crippen molar-refractivity contribution in [3.8, 4) is 6.57 Å². The molecular weight excluding hydrogens is 458 g/mol. The van der Waals surface area contributed by atoms with Gasteiger partial charge in [-0.2, -0.15) is 0 Å². The molecule has 1 atom stereocenters. The second-order valence-corrected chi connectivity index (χ2v) is 8.59. The Morgan fingerprint density at radius 2 is 1.38 bits per heavy atom. The van der Waals surface area contributed by atoms with Gasteiger partial charge in [0.2, 0.25) is 0 Å². The Kier molecular flexibility index (Phi) is 30.0. The normalized spacial score (nSPS) is 9.94. The fourth-order valence-corrected chi connectivity index (χ4v) is 2.50. The second kappa shape index (κ2) is 27.4. The lowest BCUT2D eigenvalue weighted by molar-refractivity contribution is 0.289. The molecule has 1 rings (SSSR count). The van der Waals surface area contributed by atoms with Crippen LogP contribution in [0.15, 0.2) is 30.3 Å². The van der Waals surface area contributed by atoms with Crippen molar-refractivity contribution in [2.24, 2.45) is 5.92 Å². The highest BCUT2D eigenvalue weighted by Crippen LogP contribution is 2.11. The van der Waals surface area contributed by atoms with Crippen LogP contribution in [0.4, 0.5) is 0 Å². The van der Waals surface area contributed by atoms with Crippen molar-refractivity contribution in [3.63, 3.8) is 0 Å². The van der Waals surface area contributed by atoms with Crippen LogP contribution in [-0.4, -0.2) is 25.4 Å². The predicted octanol–water partition coefficient (Wildman–Crippen LogP) is 8.62. The molecule has 0 aliphatic heterocycles. The lowest BCUT2D eigenvalue weighted by Gasteiger charge is -2.10. The Bertz CT molecular complexity index is 589. The minimum Gasteiger partial charge on any atom is -0.502 e. The lowest BCUT2D eigenvalue weighted by atomic mass is 10.0. The zero-order valence-electron chi connectivity index (χ0n) is 20.1. The first-order valence-electron chi connectivity index (χ1n) is 11.2. The molecule has 182 valence electrons. The van der Waals surface area contributed by atoms with Gasteiger partial charge in [-0.3, -0.25) is 0 Å². The third kappa shape index (κ3) is 30.6. The number of aliphatic hydroxyl groups excluding tert-OH is 2. The van der Waals surface area contributed by atoms with Gasteiger partial charge < -0.3 is 14.9 Å². The third-order valence-corrected chi connectivity index (χ3v) is 5.00. The highest BCUT2D eigenvalue weighted by atomic mass is 32.1. The van der Waals surface area contributed by atoms with E-state index < -0.39 is 0 Å². The summed E-state index contributed by atoms with van der Waals surface area (Å²) in [5, 5.41) is 24.4. The fraction of sp³-hybridized carbons (Fsp3) is 0.600. The summed E-state index contributed by atoms with van der Waals surface area (Å²) in [6.07, 6.45) is 8.83. The molecule has 1 aromatic rings. The van der Waals surface area contributed by atoms with Gasteiger partial charge in [-0.1, -0.05) is 77.3 Å². The minimum absolute atomic E-state index is 0.141. The van der Waals surface area contributed by atoms with E-state index in [9.17, 15) is 0 Å². The average Bonchev–Trinajstić information content (AvgIpc) is 2.81. The van der Waals surface area contributed by atoms with E-state index in [1.165, 1.54) is 12.0 Å². The monoisotopic (exact) mass is 499 g/mol. The largest absolute Gasteiger partial charge is 0.502 e. The summed E-state index contributed by atoms with van der Waals surface area (Å²) in [4.78, 5) is 0. The third-order valence-electron chi connectivity index (χ3n) is 4.27. The average molecular weight is 500 g/mol. The molecule has 0 fully saturated rings. The molecule has 1 unspecified atom stereocenters. The van der Waals surface area contributed by atoms with Crippen LogP contribution in [0.3, 0.4) is 0 Å². The highest BCUT2D eigenvalue weighted by Gasteiger charge is 2.03. The first-order chi connectivity index (χ1) is 15.3. The van der Waals surface area contributed by atoms with E-state index in [0.717, 1.165) is 49.5 Å². The zero-order chi connectivity index (χ0) is 25.2. The molecule has 4 nitrogen and oxygen atoms in total. The molecule has 0 spiro atoms. The van der Waals surface area contributed by atoms with E-state index >= 15 is 0 Å². The van der Waals surface area contributed by atoms with Gasteiger partial charge in [0.1, 0.15) is 6.61 Å². The molecule has 0 radical (unpaired) electrons. The van der Waals surface area contributed by atoms with E-state index in [1.54, 1.807) is 0 Å². The molecule has 0 aliphatic rings. The fourth-order valence-electron chi connectivity index (χ4n) is 2.03. The van der Waals surface area contributed by atoms with Crippen molar-refractivity contribution < 1.29 is 14.9 Å². The number of nitrogens with zero attached hydrogens (tertiary/aromatic N) is 1. The van der Waals surface area contributed by atoms with Crippen LogP contribution < -0.4 is 0 Å². The van der Waals surface area contributed by atoms with Crippen molar-refractivity contribution in [1.29, 1.82) is 5.26 Å². The number of hydrogen-bond acceptors (Lipinski definition) is 5. The predicted molar refractivity (Wildman–Crippen MR) is 149 cm³/mol. The van der Waals surface area contributed by atoms with Gasteiger partial charge in [0, 0.05) is 25.8 Å². The van der Waals surface area contributed by atoms with Crippen LogP contribution in [0.1, 0.15) is 91.0 Å². The number of hydrogen-bond donors (Lipinski definition) is 2. The van der Waals surface area contributed by atoms with Crippen molar-refractivity contribution in [3.05, 3.63) is 35.9 Å². The number of aliphatic hydroxyl groups is 2. The molecule has 0 bridgehead atoms. The van der Waals surface area contributed by atoms with E-state index in [1.807, 2.05) is 18.2 Å². The Morgan fingerprint density at radius 1 is 0.906 bits per heavy atom. The quantitative estimate of drug-likeness (QED) is 0.279. The first-order valence-corrected chi connectivity index (χ1v) is 12.4. The molecular formula is C25H41NO3S3. The van der Waals surface area contributed by atoms with E-state index in [-0.39, 0.29) is 10.1 Å². The molecule has 0 amide bonds. The number of nitriles is 1. The Hall–Kier alpha value is -1.62. The molecule has 0 saturated heterocycles. The van der Waals surface area contributed by atoms with E-state index in [2.05, 4.69) is 70.8 Å². The Balaban J connectivity index is -0.000000439. The highest BCUT2D eigenvalue weighted by molar-refractivity contribution is 7.80. The summed E-state index contributed by atoms with van der Waals surface area (Å²) in [5.41, 5.74) is 1.17. The Morgan fingerprint density at radius 3 is 1.72 bits per heavy atom. The number of thiocarbonyl (C=S) groups is 3. The lowest BCUT2D eigenvalue weighted by Crippen LogP contribution is -2.04. The van der Waals surface area contributed by atoms with Crippen molar-refractivity contribution >= 4 is 51.8 Å². The molecule has 1 aromatic carbocycles. The maximum Gasteiger partial charge on any atom is 0.160 e. The van der Waals surface area contributed by atoms with Crippen LogP contribution in [0.2, 0.25) is 0 Å². The van der Waals surface area contributed by atoms with Gasteiger partial charge in [0.25, 0.3) is 0 Å². The van der Waals surface area contributed by atoms with Gasteiger partial charge in [0.05, 0.1) is 0 Å². The van der Waals surface area contributed by atoms with E-state index in [0.29, 0.717) is 19.4 Å². The van der Waals surface area contributed by atoms with Crippen molar-refractivity contribution in [2.75, 3.05) is 0 Å². The van der Waals surface area contributed by atoms with Gasteiger partial charge in [-0.25, -0.2) is 5.26 Å². The number of ether oxygens (including phenoxy) is 1. The summed E-state index contributed by atoms with van der Waals surface area (Å²) < 4.78 is 5.55. The minimum atomic E-state index is 0.141. The SMILES string of the molecule is C#N.CCC(C)CCC(=S)OCc1ccccc1.CCCCC(O)=S.CCCCC(O)=S. The number of rotatable bonds is 12. The maximum absolute atomic E-state index is 8.41. The molecule has 7 heteroatoms. The number of unbranched alkanes of at least 4 members (excludes halogenated alkanes) is 2. The Labute approximate surface area is 212 Å². The van der Waals surface area contributed by atoms with Gasteiger partial charge >= 0.3 is 0 Å².